The van der Waals surface area contributed by atoms with Gasteiger partial charge in [0.1, 0.15) is 6.10 Å². The monoisotopic (exact) mass is 243 g/mol. The van der Waals surface area contributed by atoms with E-state index >= 15 is 0 Å². The molecule has 0 saturated carbocycles. The topological polar surface area (TPSA) is 139 Å². The van der Waals surface area contributed by atoms with E-state index in [1.54, 1.807) is 0 Å². The molecule has 0 bridgehead atoms. The number of ether oxygens (including phenoxy) is 1. The van der Waals surface area contributed by atoms with Gasteiger partial charge in [-0.05, 0) is 0 Å². The maximum absolute atomic E-state index is 10.4. The average molecular weight is 243 g/mol. The summed E-state index contributed by atoms with van der Waals surface area (Å²) in [4.78, 5) is 0. The second-order valence-electron chi connectivity index (χ2n) is 3.21. The maximum Gasteiger partial charge on any atom is 0.397 e. The molecule has 0 radical (unpaired) electrons. The molecule has 0 amide bonds. The van der Waals surface area contributed by atoms with Crippen molar-refractivity contribution >= 4 is 10.4 Å². The molecular formula is C6H13NO7S. The van der Waals surface area contributed by atoms with Crippen LogP contribution in [0.2, 0.25) is 0 Å². The number of rotatable bonds is 3. The van der Waals surface area contributed by atoms with Crippen molar-refractivity contribution < 1.29 is 32.1 Å². The first kappa shape index (κ1) is 12.8. The summed E-state index contributed by atoms with van der Waals surface area (Å²) in [5.74, 6) is 0. The Bertz CT molecular complexity index is 305. The Kier molecular flexibility index (Phi) is 4.00. The highest BCUT2D eigenvalue weighted by Crippen LogP contribution is 2.21. The lowest BCUT2D eigenvalue weighted by atomic mass is 10.0. The zero-order valence-corrected chi connectivity index (χ0v) is 8.50. The molecule has 1 fully saturated rings. The fraction of sp³-hybridized carbons (Fsp3) is 1.00. The van der Waals surface area contributed by atoms with Crippen LogP contribution >= 0.6 is 0 Å². The largest absolute Gasteiger partial charge is 0.397 e. The number of nitrogens with two attached hydrogens (primary N) is 1. The molecule has 1 aliphatic rings. The number of aliphatic hydroxyl groups is 2. The standard InChI is InChI=1S/C6H13NO7S/c7-5-4(14-15(10,11)12)1-3(2-8)13-6(5)9/h3-6,8-9H,1-2,7H2,(H,10,11,12)/t3?,4-,5?,6?/m1/s1. The molecule has 4 atom stereocenters. The van der Waals surface area contributed by atoms with Gasteiger partial charge >= 0.3 is 10.4 Å². The Morgan fingerprint density at radius 1 is 1.53 bits per heavy atom. The highest BCUT2D eigenvalue weighted by molar-refractivity contribution is 7.80. The van der Waals surface area contributed by atoms with Crippen molar-refractivity contribution in [2.24, 2.45) is 5.73 Å². The minimum atomic E-state index is -4.64. The molecular weight excluding hydrogens is 230 g/mol. The van der Waals surface area contributed by atoms with Gasteiger partial charge in [-0.3, -0.25) is 4.55 Å². The van der Waals surface area contributed by atoms with E-state index in [0.29, 0.717) is 0 Å². The summed E-state index contributed by atoms with van der Waals surface area (Å²) < 4.78 is 38.4. The maximum atomic E-state index is 10.4. The fourth-order valence-electron chi connectivity index (χ4n) is 1.32. The van der Waals surface area contributed by atoms with Gasteiger partial charge < -0.3 is 20.7 Å². The Labute approximate surface area is 86.6 Å². The van der Waals surface area contributed by atoms with Gasteiger partial charge in [0.2, 0.25) is 0 Å². The second kappa shape index (κ2) is 4.70. The van der Waals surface area contributed by atoms with Gasteiger partial charge in [-0.25, -0.2) is 4.18 Å². The second-order valence-corrected chi connectivity index (χ2v) is 4.25. The van der Waals surface area contributed by atoms with Gasteiger partial charge in [0, 0.05) is 6.42 Å². The summed E-state index contributed by atoms with van der Waals surface area (Å²) in [6.45, 7) is -0.408. The van der Waals surface area contributed by atoms with Crippen LogP contribution in [-0.2, 0) is 19.3 Å². The molecule has 90 valence electrons. The Morgan fingerprint density at radius 3 is 2.60 bits per heavy atom. The lowest BCUT2D eigenvalue weighted by molar-refractivity contribution is -0.204. The van der Waals surface area contributed by atoms with E-state index in [-0.39, 0.29) is 6.42 Å². The lowest BCUT2D eigenvalue weighted by Gasteiger charge is -2.35. The zero-order chi connectivity index (χ0) is 11.6. The normalized spacial score (nSPS) is 37.9. The average Bonchev–Trinajstić information content (AvgIpc) is 2.10. The van der Waals surface area contributed by atoms with Crippen LogP contribution in [0.4, 0.5) is 0 Å². The Hall–Kier alpha value is -0.290. The summed E-state index contributed by atoms with van der Waals surface area (Å²) >= 11 is 0. The van der Waals surface area contributed by atoms with Crippen molar-refractivity contribution in [3.63, 3.8) is 0 Å². The summed E-state index contributed by atoms with van der Waals surface area (Å²) in [5, 5.41) is 18.0. The van der Waals surface area contributed by atoms with Crippen molar-refractivity contribution in [2.75, 3.05) is 6.61 Å². The number of aliphatic hydroxyl groups excluding tert-OH is 2. The van der Waals surface area contributed by atoms with Crippen molar-refractivity contribution in [1.29, 1.82) is 0 Å². The van der Waals surface area contributed by atoms with Gasteiger partial charge in [-0.15, -0.1) is 0 Å². The highest BCUT2D eigenvalue weighted by atomic mass is 32.3. The van der Waals surface area contributed by atoms with Gasteiger partial charge in [0.25, 0.3) is 0 Å². The van der Waals surface area contributed by atoms with E-state index in [1.807, 2.05) is 0 Å². The van der Waals surface area contributed by atoms with Crippen molar-refractivity contribution in [2.45, 2.75) is 31.0 Å². The first-order valence-electron chi connectivity index (χ1n) is 4.19. The van der Waals surface area contributed by atoms with Crippen LogP contribution in [0.25, 0.3) is 0 Å². The van der Waals surface area contributed by atoms with Crippen molar-refractivity contribution in [3.8, 4) is 0 Å². The van der Waals surface area contributed by atoms with E-state index in [4.69, 9.17) is 20.1 Å². The van der Waals surface area contributed by atoms with Crippen LogP contribution < -0.4 is 5.73 Å². The zero-order valence-electron chi connectivity index (χ0n) is 7.68. The minimum Gasteiger partial charge on any atom is -0.394 e. The van der Waals surface area contributed by atoms with Crippen LogP contribution in [0.15, 0.2) is 0 Å². The molecule has 1 heterocycles. The summed E-state index contributed by atoms with van der Waals surface area (Å²) in [6, 6.07) is -1.10. The third-order valence-electron chi connectivity index (χ3n) is 2.03. The molecule has 1 saturated heterocycles. The molecule has 0 aliphatic carbocycles. The minimum absolute atomic E-state index is 0.0332. The van der Waals surface area contributed by atoms with Crippen LogP contribution in [0.3, 0.4) is 0 Å². The van der Waals surface area contributed by atoms with E-state index in [1.165, 1.54) is 0 Å². The molecule has 15 heavy (non-hydrogen) atoms. The van der Waals surface area contributed by atoms with Crippen LogP contribution in [0.1, 0.15) is 6.42 Å². The molecule has 8 nitrogen and oxygen atoms in total. The van der Waals surface area contributed by atoms with Crippen LogP contribution in [0, 0.1) is 0 Å². The first-order valence-corrected chi connectivity index (χ1v) is 5.55. The molecule has 0 aromatic rings. The summed E-state index contributed by atoms with van der Waals surface area (Å²) in [6.07, 6.45) is -3.37. The number of hydrogen-bond donors (Lipinski definition) is 4. The smallest absolute Gasteiger partial charge is 0.394 e. The van der Waals surface area contributed by atoms with Crippen molar-refractivity contribution in [1.82, 2.24) is 0 Å². The third kappa shape index (κ3) is 3.65. The van der Waals surface area contributed by atoms with Gasteiger partial charge in [0.05, 0.1) is 18.8 Å². The van der Waals surface area contributed by atoms with E-state index in [2.05, 4.69) is 4.18 Å². The Morgan fingerprint density at radius 2 is 2.13 bits per heavy atom. The van der Waals surface area contributed by atoms with Crippen LogP contribution in [-0.4, -0.2) is 54.3 Å². The molecule has 0 aromatic heterocycles. The fourth-order valence-corrected chi connectivity index (χ4v) is 1.84. The van der Waals surface area contributed by atoms with Gasteiger partial charge in [-0.2, -0.15) is 8.42 Å². The highest BCUT2D eigenvalue weighted by Gasteiger charge is 2.38. The van der Waals surface area contributed by atoms with E-state index in [9.17, 15) is 13.5 Å². The molecule has 3 unspecified atom stereocenters. The summed E-state index contributed by atoms with van der Waals surface area (Å²) in [7, 11) is -4.64. The molecule has 1 aliphatic heterocycles. The quantitative estimate of drug-likeness (QED) is 0.402. The van der Waals surface area contributed by atoms with Crippen LogP contribution in [0.5, 0.6) is 0 Å². The molecule has 0 spiro atoms. The lowest BCUT2D eigenvalue weighted by Crippen LogP contribution is -2.55. The van der Waals surface area contributed by atoms with E-state index < -0.39 is 41.5 Å². The number of hydrogen-bond acceptors (Lipinski definition) is 7. The third-order valence-corrected chi connectivity index (χ3v) is 2.52. The SMILES string of the molecule is NC1C(O)OC(CO)C[C@H]1OS(=O)(=O)O. The van der Waals surface area contributed by atoms with Gasteiger partial charge in [0.15, 0.2) is 6.29 Å². The predicted molar refractivity (Wildman–Crippen MR) is 47.0 cm³/mol. The summed E-state index contributed by atoms with van der Waals surface area (Å²) in [5.41, 5.74) is 5.39. The van der Waals surface area contributed by atoms with E-state index in [0.717, 1.165) is 0 Å². The first-order chi connectivity index (χ1) is 6.83. The predicted octanol–water partition coefficient (Wildman–Crippen LogP) is -2.40. The van der Waals surface area contributed by atoms with Crippen molar-refractivity contribution in [3.05, 3.63) is 0 Å². The molecule has 5 N–H and O–H groups in total. The molecule has 9 heteroatoms. The van der Waals surface area contributed by atoms with Gasteiger partial charge in [-0.1, -0.05) is 0 Å². The molecule has 0 aromatic carbocycles. The molecule has 1 rings (SSSR count). The Balaban J connectivity index is 2.69.